The molecule has 10 heteroatoms. The molecular formula is C10H16N2O5S3. The number of nitrogens with one attached hydrogen (secondary N) is 1. The Bertz CT molecular complexity index is 553. The minimum Gasteiger partial charge on any atom is -0.464 e. The molecule has 0 aliphatic rings. The van der Waals surface area contributed by atoms with Crippen molar-refractivity contribution in [3.05, 3.63) is 11.1 Å². The van der Waals surface area contributed by atoms with Crippen LogP contribution in [-0.2, 0) is 14.8 Å². The lowest BCUT2D eigenvalue weighted by Gasteiger charge is -2.20. The summed E-state index contributed by atoms with van der Waals surface area (Å²) in [5.74, 6) is -0.803. The van der Waals surface area contributed by atoms with Crippen molar-refractivity contribution in [3.8, 4) is 0 Å². The monoisotopic (exact) mass is 340 g/mol. The van der Waals surface area contributed by atoms with Crippen molar-refractivity contribution in [1.82, 2.24) is 9.10 Å². The van der Waals surface area contributed by atoms with Gasteiger partial charge in [0.25, 0.3) is 0 Å². The molecule has 0 saturated heterocycles. The summed E-state index contributed by atoms with van der Waals surface area (Å²) >= 11 is 2.21. The van der Waals surface area contributed by atoms with Crippen LogP contribution < -0.4 is 4.72 Å². The van der Waals surface area contributed by atoms with Crippen LogP contribution in [0.5, 0.6) is 0 Å². The van der Waals surface area contributed by atoms with Crippen molar-refractivity contribution in [3.63, 3.8) is 0 Å². The average molecular weight is 340 g/mol. The first-order valence-electron chi connectivity index (χ1n) is 5.56. The van der Waals surface area contributed by atoms with Crippen molar-refractivity contribution in [2.45, 2.75) is 23.1 Å². The number of carbonyl (C=O) groups excluding carboxylic acids is 1. The molecule has 0 aromatic carbocycles. The van der Waals surface area contributed by atoms with E-state index in [1.807, 2.05) is 0 Å². The van der Waals surface area contributed by atoms with Gasteiger partial charge in [0.2, 0.25) is 10.0 Å². The smallest absolute Gasteiger partial charge is 0.359 e. The molecular weight excluding hydrogens is 324 g/mol. The minimum atomic E-state index is -3.89. The van der Waals surface area contributed by atoms with Gasteiger partial charge in [0, 0.05) is 16.7 Å². The van der Waals surface area contributed by atoms with Gasteiger partial charge in [-0.05, 0) is 24.7 Å². The third kappa shape index (κ3) is 3.92. The number of nitrogens with zero attached hydrogens (tertiary/aromatic N) is 1. The maximum atomic E-state index is 12.2. The number of hydrogen-bond donors (Lipinski definition) is 2. The van der Waals surface area contributed by atoms with Gasteiger partial charge in [0.05, 0.1) is 13.7 Å². The molecule has 2 atom stereocenters. The number of carbonyl (C=O) groups is 1. The number of methoxy groups -OCH3 is 1. The van der Waals surface area contributed by atoms with Gasteiger partial charge < -0.3 is 9.84 Å². The Labute approximate surface area is 125 Å². The van der Waals surface area contributed by atoms with E-state index >= 15 is 0 Å². The zero-order valence-electron chi connectivity index (χ0n) is 11.2. The standard InChI is InChI=1S/C10H16N2O5S3/c1-6(7(4-13)18-3)12-20(15,16)8-5-19-11-9(8)10(14)17-2/h5-7,12-13H,4H2,1-3H3. The van der Waals surface area contributed by atoms with Gasteiger partial charge in [0.15, 0.2) is 5.69 Å². The Hall–Kier alpha value is -0.680. The van der Waals surface area contributed by atoms with Gasteiger partial charge >= 0.3 is 5.97 Å². The van der Waals surface area contributed by atoms with Gasteiger partial charge in [-0.1, -0.05) is 0 Å². The van der Waals surface area contributed by atoms with E-state index < -0.39 is 22.0 Å². The molecule has 2 unspecified atom stereocenters. The Balaban J connectivity index is 3.00. The number of ether oxygens (including phenoxy) is 1. The van der Waals surface area contributed by atoms with Crippen LogP contribution >= 0.6 is 23.3 Å². The molecule has 0 aliphatic heterocycles. The van der Waals surface area contributed by atoms with Crippen LogP contribution in [0, 0.1) is 0 Å². The van der Waals surface area contributed by atoms with Crippen LogP contribution in [0.4, 0.5) is 0 Å². The van der Waals surface area contributed by atoms with E-state index in [9.17, 15) is 13.2 Å². The summed E-state index contributed by atoms with van der Waals surface area (Å²) in [4.78, 5) is 11.3. The van der Waals surface area contributed by atoms with E-state index in [0.717, 1.165) is 18.6 Å². The Kier molecular flexibility index (Phi) is 6.40. The van der Waals surface area contributed by atoms with Crippen molar-refractivity contribution in [2.24, 2.45) is 0 Å². The first kappa shape index (κ1) is 17.4. The number of rotatable bonds is 7. The first-order chi connectivity index (χ1) is 9.37. The van der Waals surface area contributed by atoms with Crippen LogP contribution in [0.2, 0.25) is 0 Å². The highest BCUT2D eigenvalue weighted by molar-refractivity contribution is 7.99. The molecule has 0 aliphatic carbocycles. The molecule has 0 saturated carbocycles. The number of aliphatic hydroxyl groups excluding tert-OH is 1. The lowest BCUT2D eigenvalue weighted by molar-refractivity contribution is 0.0591. The van der Waals surface area contributed by atoms with Gasteiger partial charge in [-0.3, -0.25) is 0 Å². The fraction of sp³-hybridized carbons (Fsp3) is 0.600. The molecule has 1 aromatic heterocycles. The molecule has 0 spiro atoms. The highest BCUT2D eigenvalue weighted by atomic mass is 32.2. The molecule has 0 fully saturated rings. The lowest BCUT2D eigenvalue weighted by Crippen LogP contribution is -2.41. The van der Waals surface area contributed by atoms with Crippen LogP contribution in [0.1, 0.15) is 17.4 Å². The van der Waals surface area contributed by atoms with E-state index in [0.29, 0.717) is 0 Å². The fourth-order valence-corrected chi connectivity index (χ4v) is 4.58. The largest absolute Gasteiger partial charge is 0.464 e. The lowest BCUT2D eigenvalue weighted by atomic mass is 10.3. The Morgan fingerprint density at radius 1 is 1.65 bits per heavy atom. The second kappa shape index (κ2) is 7.36. The van der Waals surface area contributed by atoms with Gasteiger partial charge in [-0.25, -0.2) is 17.9 Å². The summed E-state index contributed by atoms with van der Waals surface area (Å²) in [6.45, 7) is 1.49. The molecule has 7 nitrogen and oxygen atoms in total. The second-order valence-corrected chi connectivity index (χ2v) is 7.27. The number of aromatic nitrogens is 1. The average Bonchev–Trinajstić information content (AvgIpc) is 2.88. The maximum Gasteiger partial charge on any atom is 0.359 e. The summed E-state index contributed by atoms with van der Waals surface area (Å²) in [6.07, 6.45) is 1.78. The van der Waals surface area contributed by atoms with Gasteiger partial charge in [-0.2, -0.15) is 16.1 Å². The van der Waals surface area contributed by atoms with Crippen LogP contribution in [0.3, 0.4) is 0 Å². The molecule has 20 heavy (non-hydrogen) atoms. The number of thioether (sulfide) groups is 1. The van der Waals surface area contributed by atoms with Crippen LogP contribution in [0.15, 0.2) is 10.3 Å². The minimum absolute atomic E-state index is 0.156. The Morgan fingerprint density at radius 2 is 2.30 bits per heavy atom. The summed E-state index contributed by atoms with van der Waals surface area (Å²) in [7, 11) is -2.74. The quantitative estimate of drug-likeness (QED) is 0.689. The van der Waals surface area contributed by atoms with Gasteiger partial charge in [-0.15, -0.1) is 0 Å². The number of hydrogen-bond acceptors (Lipinski definition) is 8. The van der Waals surface area contributed by atoms with Crippen molar-refractivity contribution in [2.75, 3.05) is 20.0 Å². The number of esters is 1. The van der Waals surface area contributed by atoms with E-state index in [2.05, 4.69) is 13.8 Å². The predicted molar refractivity (Wildman–Crippen MR) is 77.6 cm³/mol. The van der Waals surface area contributed by atoms with Crippen molar-refractivity contribution in [1.29, 1.82) is 0 Å². The zero-order valence-corrected chi connectivity index (χ0v) is 13.6. The maximum absolute atomic E-state index is 12.2. The van der Waals surface area contributed by atoms with Gasteiger partial charge in [0.1, 0.15) is 4.90 Å². The van der Waals surface area contributed by atoms with E-state index in [4.69, 9.17) is 5.11 Å². The van der Waals surface area contributed by atoms with Crippen LogP contribution in [-0.4, -0.2) is 55.1 Å². The second-order valence-electron chi connectivity index (χ2n) is 3.89. The summed E-state index contributed by atoms with van der Waals surface area (Å²) in [5.41, 5.74) is -0.234. The molecule has 0 amide bonds. The third-order valence-corrected chi connectivity index (χ3v) is 6.10. The molecule has 0 bridgehead atoms. The summed E-state index contributed by atoms with van der Waals surface area (Å²) in [5, 5.41) is 10.2. The molecule has 114 valence electrons. The van der Waals surface area contributed by atoms with E-state index in [1.165, 1.54) is 17.1 Å². The Morgan fingerprint density at radius 3 is 2.80 bits per heavy atom. The number of sulfonamides is 1. The molecule has 0 radical (unpaired) electrons. The predicted octanol–water partition coefficient (Wildman–Crippen LogP) is 0.320. The molecule has 2 N–H and O–H groups in total. The first-order valence-corrected chi connectivity index (χ1v) is 9.16. The molecule has 1 heterocycles. The van der Waals surface area contributed by atoms with Crippen molar-refractivity contribution < 1.29 is 23.1 Å². The third-order valence-electron chi connectivity index (χ3n) is 2.59. The summed E-state index contributed by atoms with van der Waals surface area (Å²) in [6, 6.07) is -0.495. The normalized spacial score (nSPS) is 14.8. The topological polar surface area (TPSA) is 106 Å². The summed E-state index contributed by atoms with van der Waals surface area (Å²) < 4.78 is 35.1. The SMILES string of the molecule is COC(=O)c1nscc1S(=O)(=O)NC(C)C(CO)SC. The fourth-order valence-electron chi connectivity index (χ4n) is 1.47. The zero-order chi connectivity index (χ0) is 15.3. The number of aliphatic hydroxyl groups is 1. The van der Waals surface area contributed by atoms with E-state index in [-0.39, 0.29) is 22.4 Å². The highest BCUT2D eigenvalue weighted by Crippen LogP contribution is 2.20. The van der Waals surface area contributed by atoms with Crippen LogP contribution in [0.25, 0.3) is 0 Å². The molecule has 1 rings (SSSR count). The molecule has 1 aromatic rings. The van der Waals surface area contributed by atoms with Crippen molar-refractivity contribution >= 4 is 39.3 Å². The highest BCUT2D eigenvalue weighted by Gasteiger charge is 2.29. The van der Waals surface area contributed by atoms with E-state index in [1.54, 1.807) is 13.2 Å².